The Morgan fingerprint density at radius 1 is 1.35 bits per heavy atom. The minimum atomic E-state index is 0. The third kappa shape index (κ3) is 3.96. The van der Waals surface area contributed by atoms with Crippen molar-refractivity contribution in [2.24, 2.45) is 11.7 Å². The smallest absolute Gasteiger partial charge is 0.257 e. The number of halogens is 1. The molecule has 0 bridgehead atoms. The number of hydrogen-bond donors (Lipinski definition) is 1. The highest BCUT2D eigenvalue weighted by Crippen LogP contribution is 2.32. The maximum absolute atomic E-state index is 13.0. The first-order chi connectivity index (χ1) is 12.0. The number of nitrogens with zero attached hydrogens (tertiary/aromatic N) is 2. The van der Waals surface area contributed by atoms with Crippen LogP contribution in [-0.4, -0.2) is 60.9 Å². The first-order valence-electron chi connectivity index (χ1n) is 8.98. The molecule has 2 atom stereocenters. The van der Waals surface area contributed by atoms with Crippen LogP contribution >= 0.6 is 12.4 Å². The SMILES string of the molecule is COc1cc(C)ccc1C(=O)N1CC[C@@H]2[C@@H](CCC(=O)N2CCN)C1.Cl. The minimum Gasteiger partial charge on any atom is -0.496 e. The van der Waals surface area contributed by atoms with E-state index in [0.717, 1.165) is 18.4 Å². The number of benzene rings is 1. The Morgan fingerprint density at radius 3 is 2.81 bits per heavy atom. The number of likely N-dealkylation sites (tertiary alicyclic amines) is 2. The molecule has 6 nitrogen and oxygen atoms in total. The number of nitrogens with two attached hydrogens (primary N) is 1. The average Bonchev–Trinajstić information content (AvgIpc) is 2.63. The van der Waals surface area contributed by atoms with Gasteiger partial charge in [0, 0.05) is 38.6 Å². The van der Waals surface area contributed by atoms with Crippen LogP contribution < -0.4 is 10.5 Å². The Kier molecular flexibility index (Phi) is 6.89. The van der Waals surface area contributed by atoms with Crippen LogP contribution in [0.1, 0.15) is 35.2 Å². The lowest BCUT2D eigenvalue weighted by Crippen LogP contribution is -2.57. The van der Waals surface area contributed by atoms with Crippen molar-refractivity contribution in [2.45, 2.75) is 32.2 Å². The molecule has 0 saturated carbocycles. The van der Waals surface area contributed by atoms with Crippen molar-refractivity contribution < 1.29 is 14.3 Å². The second-order valence-electron chi connectivity index (χ2n) is 6.99. The Hall–Kier alpha value is -1.79. The van der Waals surface area contributed by atoms with E-state index in [0.29, 0.717) is 49.8 Å². The predicted molar refractivity (Wildman–Crippen MR) is 103 cm³/mol. The van der Waals surface area contributed by atoms with Gasteiger partial charge in [0.1, 0.15) is 5.75 Å². The lowest BCUT2D eigenvalue weighted by atomic mass is 9.83. The van der Waals surface area contributed by atoms with Gasteiger partial charge >= 0.3 is 0 Å². The van der Waals surface area contributed by atoms with E-state index >= 15 is 0 Å². The van der Waals surface area contributed by atoms with Gasteiger partial charge in [-0.1, -0.05) is 6.07 Å². The van der Waals surface area contributed by atoms with Crippen molar-refractivity contribution >= 4 is 24.2 Å². The zero-order valence-electron chi connectivity index (χ0n) is 15.4. The quantitative estimate of drug-likeness (QED) is 0.863. The molecule has 2 N–H and O–H groups in total. The van der Waals surface area contributed by atoms with E-state index in [2.05, 4.69) is 0 Å². The topological polar surface area (TPSA) is 75.9 Å². The molecule has 3 rings (SSSR count). The zero-order valence-corrected chi connectivity index (χ0v) is 16.3. The lowest BCUT2D eigenvalue weighted by molar-refractivity contribution is -0.140. The normalized spacial score (nSPS) is 22.5. The van der Waals surface area contributed by atoms with Crippen LogP contribution in [0.4, 0.5) is 0 Å². The van der Waals surface area contributed by atoms with Gasteiger partial charge in [0.15, 0.2) is 0 Å². The summed E-state index contributed by atoms with van der Waals surface area (Å²) >= 11 is 0. The van der Waals surface area contributed by atoms with Crippen LogP contribution in [0.25, 0.3) is 0 Å². The van der Waals surface area contributed by atoms with Crippen LogP contribution in [-0.2, 0) is 4.79 Å². The molecule has 0 aromatic heterocycles. The summed E-state index contributed by atoms with van der Waals surface area (Å²) in [6, 6.07) is 5.88. The number of ether oxygens (including phenoxy) is 1. The third-order valence-electron chi connectivity index (χ3n) is 5.39. The van der Waals surface area contributed by atoms with Gasteiger partial charge in [-0.25, -0.2) is 0 Å². The maximum atomic E-state index is 13.0. The fourth-order valence-corrected chi connectivity index (χ4v) is 4.11. The number of hydrogen-bond acceptors (Lipinski definition) is 4. The zero-order chi connectivity index (χ0) is 18.0. The molecule has 7 heteroatoms. The summed E-state index contributed by atoms with van der Waals surface area (Å²) < 4.78 is 5.39. The summed E-state index contributed by atoms with van der Waals surface area (Å²) in [5, 5.41) is 0. The molecule has 2 saturated heterocycles. The molecule has 26 heavy (non-hydrogen) atoms. The van der Waals surface area contributed by atoms with Gasteiger partial charge < -0.3 is 20.3 Å². The molecule has 0 aliphatic carbocycles. The first-order valence-corrected chi connectivity index (χ1v) is 8.98. The standard InChI is InChI=1S/C19H27N3O3.ClH/c1-13-3-5-15(17(11-13)25-2)19(24)21-9-7-16-14(12-21)4-6-18(23)22(16)10-8-20;/h3,5,11,14,16H,4,6-10,12,20H2,1-2H3;1H/t14-,16+;/m0./s1. The Balaban J connectivity index is 0.00000243. The molecule has 2 aliphatic rings. The number of fused-ring (bicyclic) bond motifs is 1. The molecule has 2 heterocycles. The molecule has 0 spiro atoms. The van der Waals surface area contributed by atoms with Crippen LogP contribution in [0, 0.1) is 12.8 Å². The fourth-order valence-electron chi connectivity index (χ4n) is 4.11. The summed E-state index contributed by atoms with van der Waals surface area (Å²) in [6.07, 6.45) is 2.22. The van der Waals surface area contributed by atoms with Crippen molar-refractivity contribution in [1.29, 1.82) is 0 Å². The Labute approximate surface area is 161 Å². The monoisotopic (exact) mass is 381 g/mol. The van der Waals surface area contributed by atoms with Gasteiger partial charge in [-0.15, -0.1) is 12.4 Å². The summed E-state index contributed by atoms with van der Waals surface area (Å²) in [5.41, 5.74) is 7.34. The molecular formula is C19H28ClN3O3. The van der Waals surface area contributed by atoms with Crippen molar-refractivity contribution in [2.75, 3.05) is 33.3 Å². The number of aryl methyl sites for hydroxylation is 1. The molecule has 1 aromatic rings. The van der Waals surface area contributed by atoms with Gasteiger partial charge in [-0.3, -0.25) is 9.59 Å². The van der Waals surface area contributed by atoms with Crippen LogP contribution in [0.3, 0.4) is 0 Å². The van der Waals surface area contributed by atoms with E-state index in [-0.39, 0.29) is 30.3 Å². The highest BCUT2D eigenvalue weighted by molar-refractivity contribution is 5.97. The van der Waals surface area contributed by atoms with E-state index in [1.165, 1.54) is 0 Å². The van der Waals surface area contributed by atoms with Crippen molar-refractivity contribution in [1.82, 2.24) is 9.80 Å². The summed E-state index contributed by atoms with van der Waals surface area (Å²) in [4.78, 5) is 29.0. The second kappa shape index (κ2) is 8.73. The number of methoxy groups -OCH3 is 1. The minimum absolute atomic E-state index is 0. The largest absolute Gasteiger partial charge is 0.496 e. The summed E-state index contributed by atoms with van der Waals surface area (Å²) in [7, 11) is 1.59. The first kappa shape index (κ1) is 20.5. The predicted octanol–water partition coefficient (Wildman–Crippen LogP) is 1.84. The third-order valence-corrected chi connectivity index (χ3v) is 5.39. The number of rotatable bonds is 4. The number of amides is 2. The Bertz CT molecular complexity index is 667. The van der Waals surface area contributed by atoms with Crippen LogP contribution in [0.5, 0.6) is 5.75 Å². The van der Waals surface area contributed by atoms with E-state index in [9.17, 15) is 9.59 Å². The molecule has 2 amide bonds. The van der Waals surface area contributed by atoms with Gasteiger partial charge in [0.25, 0.3) is 5.91 Å². The summed E-state index contributed by atoms with van der Waals surface area (Å²) in [6.45, 7) is 4.42. The fraction of sp³-hybridized carbons (Fsp3) is 0.579. The number of carbonyl (C=O) groups excluding carboxylic acids is 2. The summed E-state index contributed by atoms with van der Waals surface area (Å²) in [5.74, 6) is 1.17. The number of carbonyl (C=O) groups is 2. The van der Waals surface area contributed by atoms with Gasteiger partial charge in [-0.2, -0.15) is 0 Å². The van der Waals surface area contributed by atoms with Crippen molar-refractivity contribution in [3.05, 3.63) is 29.3 Å². The van der Waals surface area contributed by atoms with Gasteiger partial charge in [0.05, 0.1) is 12.7 Å². The maximum Gasteiger partial charge on any atom is 0.257 e. The van der Waals surface area contributed by atoms with Crippen molar-refractivity contribution in [3.63, 3.8) is 0 Å². The van der Waals surface area contributed by atoms with E-state index in [1.807, 2.05) is 34.9 Å². The highest BCUT2D eigenvalue weighted by atomic mass is 35.5. The van der Waals surface area contributed by atoms with E-state index in [4.69, 9.17) is 10.5 Å². The van der Waals surface area contributed by atoms with Crippen molar-refractivity contribution in [3.8, 4) is 5.75 Å². The van der Waals surface area contributed by atoms with Gasteiger partial charge in [-0.05, 0) is 43.4 Å². The molecule has 0 radical (unpaired) electrons. The average molecular weight is 382 g/mol. The molecule has 144 valence electrons. The molecule has 0 unspecified atom stereocenters. The number of piperidine rings is 2. The molecular weight excluding hydrogens is 354 g/mol. The van der Waals surface area contributed by atoms with Gasteiger partial charge in [0.2, 0.25) is 5.91 Å². The lowest BCUT2D eigenvalue weighted by Gasteiger charge is -2.47. The van der Waals surface area contributed by atoms with Crippen LogP contribution in [0.15, 0.2) is 18.2 Å². The van der Waals surface area contributed by atoms with E-state index < -0.39 is 0 Å². The van der Waals surface area contributed by atoms with Crippen LogP contribution in [0.2, 0.25) is 0 Å². The molecule has 2 aliphatic heterocycles. The second-order valence-corrected chi connectivity index (χ2v) is 6.99. The highest BCUT2D eigenvalue weighted by Gasteiger charge is 2.40. The Morgan fingerprint density at radius 2 is 2.12 bits per heavy atom. The molecule has 2 fully saturated rings. The van der Waals surface area contributed by atoms with E-state index in [1.54, 1.807) is 7.11 Å². The molecule has 1 aromatic carbocycles.